The van der Waals surface area contributed by atoms with Crippen molar-refractivity contribution in [3.8, 4) is 0 Å². The van der Waals surface area contributed by atoms with Crippen molar-refractivity contribution in [3.05, 3.63) is 42.1 Å². The normalized spacial score (nSPS) is 22.4. The van der Waals surface area contributed by atoms with Crippen LogP contribution in [-0.2, 0) is 14.8 Å². The number of carbonyl (C=O) groups excluding carboxylic acids is 1. The Labute approximate surface area is 200 Å². The summed E-state index contributed by atoms with van der Waals surface area (Å²) in [6.07, 6.45) is 4.40. The van der Waals surface area contributed by atoms with Gasteiger partial charge in [0.1, 0.15) is 5.82 Å². The van der Waals surface area contributed by atoms with E-state index in [1.165, 1.54) is 10.6 Å². The molecule has 2 saturated heterocycles. The summed E-state index contributed by atoms with van der Waals surface area (Å²) >= 11 is 0. The number of nitrogens with one attached hydrogen (secondary N) is 2. The number of hydrogen-bond donors (Lipinski definition) is 2. The quantitative estimate of drug-likeness (QED) is 0.634. The Morgan fingerprint density at radius 3 is 2.32 bits per heavy atom. The van der Waals surface area contributed by atoms with Crippen molar-refractivity contribution in [1.29, 1.82) is 0 Å². The molecular weight excluding hydrogens is 456 g/mol. The van der Waals surface area contributed by atoms with Gasteiger partial charge in [0.25, 0.3) is 5.91 Å². The molecule has 11 heteroatoms. The van der Waals surface area contributed by atoms with Crippen molar-refractivity contribution in [2.45, 2.75) is 44.9 Å². The lowest BCUT2D eigenvalue weighted by Gasteiger charge is -2.35. The van der Waals surface area contributed by atoms with Gasteiger partial charge in [0.2, 0.25) is 16.0 Å². The summed E-state index contributed by atoms with van der Waals surface area (Å²) in [5.74, 6) is 1.17. The maximum absolute atomic E-state index is 12.6. The van der Waals surface area contributed by atoms with Gasteiger partial charge in [-0.25, -0.2) is 17.7 Å². The number of aromatic nitrogens is 2. The van der Waals surface area contributed by atoms with Crippen molar-refractivity contribution in [1.82, 2.24) is 19.6 Å². The molecule has 2 fully saturated rings. The van der Waals surface area contributed by atoms with Crippen LogP contribution in [0.3, 0.4) is 0 Å². The predicted octanol–water partition coefficient (Wildman–Crippen LogP) is 1.99. The highest BCUT2D eigenvalue weighted by Gasteiger charge is 2.26. The van der Waals surface area contributed by atoms with Crippen molar-refractivity contribution in [2.75, 3.05) is 42.7 Å². The molecule has 2 N–H and O–H groups in total. The number of piperidine rings is 1. The second-order valence-electron chi connectivity index (χ2n) is 9.02. The summed E-state index contributed by atoms with van der Waals surface area (Å²) in [6.45, 7) is 6.42. The molecule has 34 heavy (non-hydrogen) atoms. The lowest BCUT2D eigenvalue weighted by molar-refractivity contribution is -0.00571. The van der Waals surface area contributed by atoms with Gasteiger partial charge in [-0.3, -0.25) is 4.79 Å². The molecule has 0 bridgehead atoms. The fourth-order valence-electron chi connectivity index (χ4n) is 4.36. The fraction of sp³-hybridized carbons (Fsp3) is 0.522. The SMILES string of the molecule is C[C@@H]1CN(c2nccc(Nc3ccc(C(=O)NC4CCN(S(C)(=O)=O)CC4)cc3)n2)C[C@H](C)O1. The number of rotatable bonds is 6. The van der Waals surface area contributed by atoms with E-state index in [2.05, 4.69) is 25.5 Å². The summed E-state index contributed by atoms with van der Waals surface area (Å²) in [5, 5.41) is 6.28. The lowest BCUT2D eigenvalue weighted by atomic mass is 10.1. The van der Waals surface area contributed by atoms with Crippen molar-refractivity contribution >= 4 is 33.4 Å². The number of benzene rings is 1. The van der Waals surface area contributed by atoms with E-state index in [-0.39, 0.29) is 24.2 Å². The van der Waals surface area contributed by atoms with Crippen LogP contribution in [0.15, 0.2) is 36.5 Å². The van der Waals surface area contributed by atoms with Crippen LogP contribution in [0.1, 0.15) is 37.0 Å². The van der Waals surface area contributed by atoms with Gasteiger partial charge in [0, 0.05) is 49.7 Å². The molecule has 0 saturated carbocycles. The minimum absolute atomic E-state index is 0.0339. The third-order valence-corrected chi connectivity index (χ3v) is 7.33. The number of amides is 1. The number of morpholine rings is 1. The Morgan fingerprint density at radius 2 is 1.71 bits per heavy atom. The Balaban J connectivity index is 1.33. The van der Waals surface area contributed by atoms with E-state index in [4.69, 9.17) is 4.74 Å². The minimum Gasteiger partial charge on any atom is -0.372 e. The molecule has 0 aliphatic carbocycles. The first-order valence-electron chi connectivity index (χ1n) is 11.5. The van der Waals surface area contributed by atoms with Gasteiger partial charge < -0.3 is 20.3 Å². The molecule has 2 aliphatic heterocycles. The molecule has 4 rings (SSSR count). The van der Waals surface area contributed by atoms with Gasteiger partial charge >= 0.3 is 0 Å². The van der Waals surface area contributed by atoms with Crippen LogP contribution >= 0.6 is 0 Å². The number of hydrogen-bond acceptors (Lipinski definition) is 8. The molecule has 10 nitrogen and oxygen atoms in total. The molecule has 0 spiro atoms. The minimum atomic E-state index is -3.18. The van der Waals surface area contributed by atoms with E-state index in [1.54, 1.807) is 24.4 Å². The second kappa shape index (κ2) is 10.2. The van der Waals surface area contributed by atoms with Crippen LogP contribution in [-0.4, -0.2) is 79.3 Å². The lowest BCUT2D eigenvalue weighted by Crippen LogP contribution is -2.46. The summed E-state index contributed by atoms with van der Waals surface area (Å²) in [7, 11) is -3.18. The average molecular weight is 489 g/mol. The van der Waals surface area contributed by atoms with Gasteiger partial charge in [-0.05, 0) is 57.0 Å². The molecule has 184 valence electrons. The summed E-state index contributed by atoms with van der Waals surface area (Å²) in [5.41, 5.74) is 1.36. The van der Waals surface area contributed by atoms with Crippen LogP contribution in [0.5, 0.6) is 0 Å². The third kappa shape index (κ3) is 6.22. The van der Waals surface area contributed by atoms with Crippen LogP contribution in [0.4, 0.5) is 17.5 Å². The number of nitrogens with zero attached hydrogens (tertiary/aromatic N) is 4. The second-order valence-corrected chi connectivity index (χ2v) is 11.0. The summed E-state index contributed by atoms with van der Waals surface area (Å²) in [6, 6.07) is 8.96. The van der Waals surface area contributed by atoms with Crippen molar-refractivity contribution < 1.29 is 17.9 Å². The zero-order valence-corrected chi connectivity index (χ0v) is 20.6. The van der Waals surface area contributed by atoms with Gasteiger partial charge in [-0.15, -0.1) is 0 Å². The first kappa shape index (κ1) is 24.4. The Kier molecular flexibility index (Phi) is 7.34. The fourth-order valence-corrected chi connectivity index (χ4v) is 5.24. The number of sulfonamides is 1. The predicted molar refractivity (Wildman–Crippen MR) is 131 cm³/mol. The molecule has 0 radical (unpaired) electrons. The van der Waals surface area contributed by atoms with E-state index in [0.29, 0.717) is 43.3 Å². The van der Waals surface area contributed by atoms with Crippen molar-refractivity contribution in [3.63, 3.8) is 0 Å². The molecule has 3 heterocycles. The highest BCUT2D eigenvalue weighted by molar-refractivity contribution is 7.88. The Hall–Kier alpha value is -2.76. The third-order valence-electron chi connectivity index (χ3n) is 6.02. The largest absolute Gasteiger partial charge is 0.372 e. The standard InChI is InChI=1S/C23H32N6O4S/c1-16-14-28(15-17(2)33-16)23-24-11-8-21(27-23)25-19-6-4-18(5-7-19)22(30)26-20-9-12-29(13-10-20)34(3,31)32/h4-8,11,16-17,20H,9-10,12-15H2,1-3H3,(H,26,30)(H,24,25,27)/t16-,17+. The highest BCUT2D eigenvalue weighted by Crippen LogP contribution is 2.21. The highest BCUT2D eigenvalue weighted by atomic mass is 32.2. The van der Waals surface area contributed by atoms with Crippen molar-refractivity contribution in [2.24, 2.45) is 0 Å². The maximum atomic E-state index is 12.6. The molecule has 1 aromatic carbocycles. The van der Waals surface area contributed by atoms with E-state index < -0.39 is 10.0 Å². The number of anilines is 3. The van der Waals surface area contributed by atoms with Gasteiger partial charge in [-0.1, -0.05) is 0 Å². The first-order valence-corrected chi connectivity index (χ1v) is 13.4. The Bertz CT molecular complexity index is 1090. The summed E-state index contributed by atoms with van der Waals surface area (Å²) < 4.78 is 30.5. The zero-order valence-electron chi connectivity index (χ0n) is 19.8. The molecule has 0 unspecified atom stereocenters. The molecule has 1 amide bonds. The maximum Gasteiger partial charge on any atom is 0.251 e. The molecule has 2 atom stereocenters. The number of carbonyl (C=O) groups is 1. The van der Waals surface area contributed by atoms with Crippen LogP contribution in [0, 0.1) is 0 Å². The molecule has 2 aromatic rings. The topological polar surface area (TPSA) is 117 Å². The average Bonchev–Trinajstić information content (AvgIpc) is 2.79. The zero-order chi connectivity index (χ0) is 24.3. The monoisotopic (exact) mass is 488 g/mol. The van der Waals surface area contributed by atoms with Gasteiger partial charge in [0.05, 0.1) is 18.5 Å². The van der Waals surface area contributed by atoms with E-state index in [9.17, 15) is 13.2 Å². The smallest absolute Gasteiger partial charge is 0.251 e. The molecule has 1 aromatic heterocycles. The summed E-state index contributed by atoms with van der Waals surface area (Å²) in [4.78, 5) is 23.8. The Morgan fingerprint density at radius 1 is 1.06 bits per heavy atom. The van der Waals surface area contributed by atoms with E-state index in [0.717, 1.165) is 18.8 Å². The van der Waals surface area contributed by atoms with E-state index >= 15 is 0 Å². The molecule has 2 aliphatic rings. The van der Waals surface area contributed by atoms with Crippen LogP contribution in [0.2, 0.25) is 0 Å². The molecular formula is C23H32N6O4S. The number of ether oxygens (including phenoxy) is 1. The van der Waals surface area contributed by atoms with Gasteiger partial charge in [-0.2, -0.15) is 4.98 Å². The van der Waals surface area contributed by atoms with Gasteiger partial charge in [0.15, 0.2) is 0 Å². The van der Waals surface area contributed by atoms with Crippen LogP contribution in [0.25, 0.3) is 0 Å². The van der Waals surface area contributed by atoms with Crippen LogP contribution < -0.4 is 15.5 Å². The van der Waals surface area contributed by atoms with E-state index in [1.807, 2.05) is 26.0 Å². The first-order chi connectivity index (χ1) is 16.2.